The zero-order chi connectivity index (χ0) is 18.0. The number of imide groups is 1. The van der Waals surface area contributed by atoms with Crippen molar-refractivity contribution in [2.24, 2.45) is 0 Å². The number of nitrogens with zero attached hydrogens (tertiary/aromatic N) is 1. The van der Waals surface area contributed by atoms with Crippen LogP contribution in [0.2, 0.25) is 0 Å². The van der Waals surface area contributed by atoms with Crippen LogP contribution < -0.4 is 10.6 Å². The molecule has 4 amide bonds. The standard InChI is InChI=1S/C18H23N3O4/c1-12(11-25-2)19-15(22)10-21-16(23)18(20-17(21)24)9-5-7-13-6-3-4-8-14(13)18/h3-4,6,8,12H,5,7,9-11H2,1-2H3,(H,19,22)(H,20,24). The molecule has 1 heterocycles. The summed E-state index contributed by atoms with van der Waals surface area (Å²) in [6.45, 7) is 1.87. The smallest absolute Gasteiger partial charge is 0.325 e. The van der Waals surface area contributed by atoms with Crippen molar-refractivity contribution in [1.82, 2.24) is 15.5 Å². The van der Waals surface area contributed by atoms with E-state index in [1.807, 2.05) is 24.3 Å². The quantitative estimate of drug-likeness (QED) is 0.777. The van der Waals surface area contributed by atoms with E-state index in [0.29, 0.717) is 13.0 Å². The number of urea groups is 1. The molecular weight excluding hydrogens is 322 g/mol. The minimum Gasteiger partial charge on any atom is -0.383 e. The first kappa shape index (κ1) is 17.4. The molecule has 2 unspecified atom stereocenters. The van der Waals surface area contributed by atoms with Gasteiger partial charge in [-0.15, -0.1) is 0 Å². The first-order valence-corrected chi connectivity index (χ1v) is 8.49. The van der Waals surface area contributed by atoms with E-state index < -0.39 is 11.6 Å². The van der Waals surface area contributed by atoms with Crippen LogP contribution in [0.25, 0.3) is 0 Å². The molecule has 1 spiro atoms. The maximum absolute atomic E-state index is 13.0. The third kappa shape index (κ3) is 3.11. The Bertz CT molecular complexity index is 705. The van der Waals surface area contributed by atoms with Gasteiger partial charge in [-0.05, 0) is 37.3 Å². The molecule has 25 heavy (non-hydrogen) atoms. The van der Waals surface area contributed by atoms with Crippen LogP contribution in [-0.4, -0.2) is 49.0 Å². The minimum absolute atomic E-state index is 0.192. The summed E-state index contributed by atoms with van der Waals surface area (Å²) in [7, 11) is 1.55. The van der Waals surface area contributed by atoms with Crippen LogP contribution in [0.3, 0.4) is 0 Å². The van der Waals surface area contributed by atoms with Crippen LogP contribution in [0.4, 0.5) is 4.79 Å². The third-order valence-electron chi connectivity index (χ3n) is 4.78. The summed E-state index contributed by atoms with van der Waals surface area (Å²) in [5, 5.41) is 5.56. The van der Waals surface area contributed by atoms with Crippen molar-refractivity contribution in [1.29, 1.82) is 0 Å². The predicted octanol–water partition coefficient (Wildman–Crippen LogP) is 0.921. The molecule has 2 atom stereocenters. The summed E-state index contributed by atoms with van der Waals surface area (Å²) < 4.78 is 4.97. The average molecular weight is 345 g/mol. The zero-order valence-corrected chi connectivity index (χ0v) is 14.5. The lowest BCUT2D eigenvalue weighted by Gasteiger charge is -2.33. The highest BCUT2D eigenvalue weighted by atomic mass is 16.5. The van der Waals surface area contributed by atoms with Crippen LogP contribution in [0.1, 0.15) is 30.9 Å². The fourth-order valence-electron chi connectivity index (χ4n) is 3.71. The van der Waals surface area contributed by atoms with Crippen molar-refractivity contribution >= 4 is 17.8 Å². The Labute approximate surface area is 146 Å². The van der Waals surface area contributed by atoms with Crippen LogP contribution in [0, 0.1) is 0 Å². The van der Waals surface area contributed by atoms with Crippen LogP contribution in [0.15, 0.2) is 24.3 Å². The number of methoxy groups -OCH3 is 1. The molecule has 0 radical (unpaired) electrons. The number of rotatable bonds is 5. The summed E-state index contributed by atoms with van der Waals surface area (Å²) >= 11 is 0. The molecule has 134 valence electrons. The lowest BCUT2D eigenvalue weighted by atomic mass is 9.76. The molecule has 2 N–H and O–H groups in total. The molecule has 2 aliphatic rings. The van der Waals surface area contributed by atoms with Gasteiger partial charge in [-0.25, -0.2) is 4.79 Å². The Morgan fingerprint density at radius 1 is 1.40 bits per heavy atom. The van der Waals surface area contributed by atoms with Gasteiger partial charge in [0.1, 0.15) is 12.1 Å². The molecule has 0 bridgehead atoms. The Balaban J connectivity index is 1.79. The molecule has 7 heteroatoms. The number of amides is 4. The largest absolute Gasteiger partial charge is 0.383 e. The van der Waals surface area contributed by atoms with Crippen molar-refractivity contribution in [2.45, 2.75) is 37.8 Å². The van der Waals surface area contributed by atoms with E-state index in [1.54, 1.807) is 14.0 Å². The van der Waals surface area contributed by atoms with Gasteiger partial charge < -0.3 is 15.4 Å². The van der Waals surface area contributed by atoms with Crippen molar-refractivity contribution < 1.29 is 19.1 Å². The Hall–Kier alpha value is -2.41. The van der Waals surface area contributed by atoms with E-state index in [2.05, 4.69) is 10.6 Å². The molecular formula is C18H23N3O4. The number of hydrogen-bond acceptors (Lipinski definition) is 4. The van der Waals surface area contributed by atoms with Gasteiger partial charge in [-0.1, -0.05) is 24.3 Å². The number of benzene rings is 1. The first-order chi connectivity index (χ1) is 12.0. The van der Waals surface area contributed by atoms with Gasteiger partial charge in [0.25, 0.3) is 5.91 Å². The molecule has 1 aromatic rings. The molecule has 1 aliphatic carbocycles. The molecule has 7 nitrogen and oxygen atoms in total. The minimum atomic E-state index is -1.04. The molecule has 0 saturated carbocycles. The van der Waals surface area contributed by atoms with E-state index in [9.17, 15) is 14.4 Å². The molecule has 1 aromatic carbocycles. The van der Waals surface area contributed by atoms with Gasteiger partial charge in [0, 0.05) is 13.2 Å². The van der Waals surface area contributed by atoms with Gasteiger partial charge in [0.15, 0.2) is 0 Å². The highest BCUT2D eigenvalue weighted by molar-refractivity contribution is 6.09. The number of carbonyl (C=O) groups is 3. The third-order valence-corrected chi connectivity index (χ3v) is 4.78. The van der Waals surface area contributed by atoms with Crippen molar-refractivity contribution in [3.63, 3.8) is 0 Å². The van der Waals surface area contributed by atoms with Gasteiger partial charge in [-0.3, -0.25) is 14.5 Å². The maximum Gasteiger partial charge on any atom is 0.325 e. The van der Waals surface area contributed by atoms with Crippen LogP contribution >= 0.6 is 0 Å². The number of carbonyl (C=O) groups excluding carboxylic acids is 3. The number of fused-ring (bicyclic) bond motifs is 2. The number of ether oxygens (including phenoxy) is 1. The highest BCUT2D eigenvalue weighted by Crippen LogP contribution is 2.39. The fourth-order valence-corrected chi connectivity index (χ4v) is 3.71. The summed E-state index contributed by atoms with van der Waals surface area (Å²) in [6, 6.07) is 6.96. The Morgan fingerprint density at radius 3 is 2.92 bits per heavy atom. The lowest BCUT2D eigenvalue weighted by molar-refractivity contribution is -0.135. The Kier molecular flexibility index (Phi) is 4.76. The molecule has 3 rings (SSSR count). The highest BCUT2D eigenvalue weighted by Gasteiger charge is 2.54. The summed E-state index contributed by atoms with van der Waals surface area (Å²) in [6.07, 6.45) is 2.25. The van der Waals surface area contributed by atoms with Crippen molar-refractivity contribution in [3.05, 3.63) is 35.4 Å². The second-order valence-electron chi connectivity index (χ2n) is 6.66. The van der Waals surface area contributed by atoms with E-state index in [1.165, 1.54) is 0 Å². The van der Waals surface area contributed by atoms with Crippen molar-refractivity contribution in [3.8, 4) is 0 Å². The van der Waals surface area contributed by atoms with Gasteiger partial charge in [0.05, 0.1) is 6.61 Å². The van der Waals surface area contributed by atoms with E-state index in [4.69, 9.17) is 4.74 Å². The number of aryl methyl sites for hydroxylation is 1. The maximum atomic E-state index is 13.0. The average Bonchev–Trinajstić information content (AvgIpc) is 2.80. The molecule has 1 fully saturated rings. The van der Waals surface area contributed by atoms with E-state index in [0.717, 1.165) is 28.9 Å². The summed E-state index contributed by atoms with van der Waals surface area (Å²) in [4.78, 5) is 38.6. The Morgan fingerprint density at radius 2 is 2.16 bits per heavy atom. The second kappa shape index (κ2) is 6.84. The zero-order valence-electron chi connectivity index (χ0n) is 14.5. The number of nitrogens with one attached hydrogen (secondary N) is 2. The van der Waals surface area contributed by atoms with E-state index in [-0.39, 0.29) is 24.4 Å². The van der Waals surface area contributed by atoms with Gasteiger partial charge >= 0.3 is 6.03 Å². The predicted molar refractivity (Wildman–Crippen MR) is 90.8 cm³/mol. The lowest BCUT2D eigenvalue weighted by Crippen LogP contribution is -2.48. The topological polar surface area (TPSA) is 87.7 Å². The van der Waals surface area contributed by atoms with Gasteiger partial charge in [0.2, 0.25) is 5.91 Å². The van der Waals surface area contributed by atoms with Crippen LogP contribution in [-0.2, 0) is 26.3 Å². The monoisotopic (exact) mass is 345 g/mol. The van der Waals surface area contributed by atoms with Gasteiger partial charge in [-0.2, -0.15) is 0 Å². The molecule has 0 aromatic heterocycles. The first-order valence-electron chi connectivity index (χ1n) is 8.49. The normalized spacial score (nSPS) is 23.4. The molecule has 1 saturated heterocycles. The van der Waals surface area contributed by atoms with Crippen LogP contribution in [0.5, 0.6) is 0 Å². The molecule has 1 aliphatic heterocycles. The summed E-state index contributed by atoms with van der Waals surface area (Å²) in [5.74, 6) is -0.728. The number of hydrogen-bond donors (Lipinski definition) is 2. The van der Waals surface area contributed by atoms with Crippen molar-refractivity contribution in [2.75, 3.05) is 20.3 Å². The fraction of sp³-hybridized carbons (Fsp3) is 0.500. The SMILES string of the molecule is COCC(C)NC(=O)CN1C(=O)NC2(CCCc3ccccc32)C1=O. The summed E-state index contributed by atoms with van der Waals surface area (Å²) in [5.41, 5.74) is 0.877. The van der Waals surface area contributed by atoms with E-state index >= 15 is 0 Å². The second-order valence-corrected chi connectivity index (χ2v) is 6.66.